The first-order valence-corrected chi connectivity index (χ1v) is 5.40. The molecule has 2 nitrogen and oxygen atoms in total. The van der Waals surface area contributed by atoms with Gasteiger partial charge in [0.1, 0.15) is 11.5 Å². The Morgan fingerprint density at radius 3 is 2.75 bits per heavy atom. The van der Waals surface area contributed by atoms with Gasteiger partial charge < -0.3 is 5.32 Å². The lowest BCUT2D eigenvalue weighted by atomic mass is 10.2. The summed E-state index contributed by atoms with van der Waals surface area (Å²) in [7, 11) is 0. The van der Waals surface area contributed by atoms with Gasteiger partial charge in [0, 0.05) is 12.3 Å². The minimum Gasteiger partial charge on any atom is -0.321 e. The number of hydrogen-bond donors (Lipinski definition) is 1. The zero-order valence-corrected chi connectivity index (χ0v) is 9.57. The van der Waals surface area contributed by atoms with E-state index >= 15 is 0 Å². The molecule has 0 atom stereocenters. The number of halogens is 3. The maximum atomic E-state index is 13.5. The lowest BCUT2D eigenvalue weighted by Crippen LogP contribution is -2.14. The van der Waals surface area contributed by atoms with Crippen LogP contribution in [0.2, 0.25) is 0 Å². The van der Waals surface area contributed by atoms with Crippen LogP contribution in [-0.4, -0.2) is 11.8 Å². The highest BCUT2D eigenvalue weighted by Gasteiger charge is 2.13. The molecule has 0 spiro atoms. The second kappa shape index (κ2) is 5.80. The highest BCUT2D eigenvalue weighted by molar-refractivity contribution is 6.18. The molecule has 1 amide bonds. The van der Waals surface area contributed by atoms with E-state index in [4.69, 9.17) is 11.6 Å². The van der Waals surface area contributed by atoms with E-state index < -0.39 is 17.5 Å². The third kappa shape index (κ3) is 3.17. The topological polar surface area (TPSA) is 29.1 Å². The molecule has 0 saturated carbocycles. The minimum atomic E-state index is -0.776. The predicted molar refractivity (Wildman–Crippen MR) is 59.7 cm³/mol. The normalized spacial score (nSPS) is 10.2. The summed E-state index contributed by atoms with van der Waals surface area (Å²) in [5, 5.41) is 2.21. The second-order valence-electron chi connectivity index (χ2n) is 3.39. The van der Waals surface area contributed by atoms with Gasteiger partial charge in [-0.05, 0) is 25.0 Å². The van der Waals surface area contributed by atoms with E-state index in [2.05, 4.69) is 5.32 Å². The van der Waals surface area contributed by atoms with E-state index in [0.717, 1.165) is 6.07 Å². The maximum Gasteiger partial charge on any atom is 0.224 e. The Labute approximate surface area is 97.6 Å². The Morgan fingerprint density at radius 2 is 2.12 bits per heavy atom. The van der Waals surface area contributed by atoms with Crippen molar-refractivity contribution in [2.75, 3.05) is 11.2 Å². The molecular weight excluding hydrogens is 236 g/mol. The summed E-state index contributed by atoms with van der Waals surface area (Å²) >= 11 is 5.41. The molecule has 1 aromatic carbocycles. The van der Waals surface area contributed by atoms with Gasteiger partial charge in [-0.15, -0.1) is 11.6 Å². The van der Waals surface area contributed by atoms with Crippen LogP contribution in [0.1, 0.15) is 18.4 Å². The Kier molecular flexibility index (Phi) is 4.68. The standard InChI is InChI=1S/C11H12ClF2NO/c1-7-4-5-8(13)11(10(7)14)15-9(16)3-2-6-12/h4-5H,2-3,6H2,1H3,(H,15,16). The van der Waals surface area contributed by atoms with Crippen LogP contribution in [0.3, 0.4) is 0 Å². The molecule has 1 aromatic rings. The third-order valence-electron chi connectivity index (χ3n) is 2.09. The number of nitrogens with one attached hydrogen (secondary N) is 1. The number of benzene rings is 1. The molecule has 88 valence electrons. The molecule has 0 aromatic heterocycles. The first kappa shape index (κ1) is 12.9. The zero-order valence-electron chi connectivity index (χ0n) is 8.82. The van der Waals surface area contributed by atoms with Crippen molar-refractivity contribution in [3.8, 4) is 0 Å². The van der Waals surface area contributed by atoms with Crippen molar-refractivity contribution in [3.05, 3.63) is 29.3 Å². The monoisotopic (exact) mass is 247 g/mol. The van der Waals surface area contributed by atoms with Crippen molar-refractivity contribution in [2.45, 2.75) is 19.8 Å². The van der Waals surface area contributed by atoms with E-state index in [9.17, 15) is 13.6 Å². The summed E-state index contributed by atoms with van der Waals surface area (Å²) in [6.07, 6.45) is 0.624. The lowest BCUT2D eigenvalue weighted by molar-refractivity contribution is -0.116. The number of amides is 1. The average Bonchev–Trinajstić information content (AvgIpc) is 2.27. The van der Waals surface area contributed by atoms with E-state index in [1.165, 1.54) is 13.0 Å². The first-order valence-electron chi connectivity index (χ1n) is 4.86. The van der Waals surface area contributed by atoms with Crippen molar-refractivity contribution in [1.82, 2.24) is 0 Å². The van der Waals surface area contributed by atoms with Crippen molar-refractivity contribution in [2.24, 2.45) is 0 Å². The molecule has 1 N–H and O–H groups in total. The molecule has 0 saturated heterocycles. The Bertz CT molecular complexity index is 396. The van der Waals surface area contributed by atoms with E-state index in [1.54, 1.807) is 0 Å². The number of carbonyl (C=O) groups excluding carboxylic acids is 1. The molecule has 0 heterocycles. The highest BCUT2D eigenvalue weighted by atomic mass is 35.5. The number of rotatable bonds is 4. The summed E-state index contributed by atoms with van der Waals surface area (Å²) < 4.78 is 26.7. The summed E-state index contributed by atoms with van der Waals surface area (Å²) in [6, 6.07) is 2.44. The molecule has 0 aliphatic heterocycles. The zero-order chi connectivity index (χ0) is 12.1. The van der Waals surface area contributed by atoms with Gasteiger partial charge in [-0.3, -0.25) is 4.79 Å². The quantitative estimate of drug-likeness (QED) is 0.814. The van der Waals surface area contributed by atoms with E-state index in [0.29, 0.717) is 12.3 Å². The van der Waals surface area contributed by atoms with Gasteiger partial charge in [-0.25, -0.2) is 8.78 Å². The van der Waals surface area contributed by atoms with E-state index in [1.807, 2.05) is 0 Å². The van der Waals surface area contributed by atoms with Crippen molar-refractivity contribution in [3.63, 3.8) is 0 Å². The molecule has 5 heteroatoms. The predicted octanol–water partition coefficient (Wildman–Crippen LogP) is 3.23. The van der Waals surface area contributed by atoms with Crippen molar-refractivity contribution in [1.29, 1.82) is 0 Å². The SMILES string of the molecule is Cc1ccc(F)c(NC(=O)CCCCl)c1F. The largest absolute Gasteiger partial charge is 0.321 e. The lowest BCUT2D eigenvalue weighted by Gasteiger charge is -2.08. The van der Waals surface area contributed by atoms with Gasteiger partial charge in [0.25, 0.3) is 0 Å². The average molecular weight is 248 g/mol. The second-order valence-corrected chi connectivity index (χ2v) is 3.77. The molecule has 0 aliphatic carbocycles. The van der Waals surface area contributed by atoms with Crippen LogP contribution in [0, 0.1) is 18.6 Å². The van der Waals surface area contributed by atoms with Crippen LogP contribution < -0.4 is 5.32 Å². The van der Waals surface area contributed by atoms with Crippen LogP contribution in [0.25, 0.3) is 0 Å². The first-order chi connectivity index (χ1) is 7.56. The summed E-state index contributed by atoms with van der Waals surface area (Å²) in [4.78, 5) is 11.3. The fourth-order valence-electron chi connectivity index (χ4n) is 1.20. The van der Waals surface area contributed by atoms with Crippen LogP contribution in [0.5, 0.6) is 0 Å². The van der Waals surface area contributed by atoms with Gasteiger partial charge in [-0.2, -0.15) is 0 Å². The summed E-state index contributed by atoms with van der Waals surface area (Å²) in [6.45, 7) is 1.50. The van der Waals surface area contributed by atoms with Crippen molar-refractivity contribution >= 4 is 23.2 Å². The molecule has 0 radical (unpaired) electrons. The number of aryl methyl sites for hydroxylation is 1. The van der Waals surface area contributed by atoms with Crippen LogP contribution in [0.15, 0.2) is 12.1 Å². The molecule has 1 rings (SSSR count). The Balaban J connectivity index is 2.80. The maximum absolute atomic E-state index is 13.5. The fourth-order valence-corrected chi connectivity index (χ4v) is 1.33. The van der Waals surface area contributed by atoms with Crippen molar-refractivity contribution < 1.29 is 13.6 Å². The van der Waals surface area contributed by atoms with Crippen LogP contribution in [-0.2, 0) is 4.79 Å². The number of anilines is 1. The smallest absolute Gasteiger partial charge is 0.224 e. The summed E-state index contributed by atoms with van der Waals surface area (Å²) in [5.74, 6) is -1.61. The number of hydrogen-bond acceptors (Lipinski definition) is 1. The van der Waals surface area contributed by atoms with Gasteiger partial charge in [0.2, 0.25) is 5.91 Å². The van der Waals surface area contributed by atoms with Crippen LogP contribution in [0.4, 0.5) is 14.5 Å². The highest BCUT2D eigenvalue weighted by Crippen LogP contribution is 2.21. The van der Waals surface area contributed by atoms with Gasteiger partial charge >= 0.3 is 0 Å². The molecule has 0 aliphatic rings. The molecule has 0 fully saturated rings. The molecule has 0 bridgehead atoms. The molecule has 0 unspecified atom stereocenters. The third-order valence-corrected chi connectivity index (χ3v) is 2.35. The van der Waals surface area contributed by atoms with Gasteiger partial charge in [-0.1, -0.05) is 6.07 Å². The molecule has 16 heavy (non-hydrogen) atoms. The van der Waals surface area contributed by atoms with Crippen LogP contribution >= 0.6 is 11.6 Å². The number of alkyl halides is 1. The Hall–Kier alpha value is -1.16. The van der Waals surface area contributed by atoms with E-state index in [-0.39, 0.29) is 17.7 Å². The Morgan fingerprint density at radius 1 is 1.44 bits per heavy atom. The summed E-state index contributed by atoms with van der Waals surface area (Å²) in [5.41, 5.74) is -0.103. The van der Waals surface area contributed by atoms with Gasteiger partial charge in [0.15, 0.2) is 5.82 Å². The molecular formula is C11H12ClF2NO. The van der Waals surface area contributed by atoms with Gasteiger partial charge in [0.05, 0.1) is 0 Å². The number of carbonyl (C=O) groups is 1. The fraction of sp³-hybridized carbons (Fsp3) is 0.364. The minimum absolute atomic E-state index is 0.149.